The van der Waals surface area contributed by atoms with Gasteiger partial charge < -0.3 is 9.88 Å². The molecule has 0 bridgehead atoms. The van der Waals surface area contributed by atoms with Gasteiger partial charge in [0.2, 0.25) is 0 Å². The summed E-state index contributed by atoms with van der Waals surface area (Å²) in [6, 6.07) is 9.29. The molecule has 100 valence electrons. The van der Waals surface area contributed by atoms with Crippen molar-refractivity contribution in [2.45, 2.75) is 38.3 Å². The Bertz CT molecular complexity index is 559. The van der Waals surface area contributed by atoms with Crippen LogP contribution in [0.5, 0.6) is 0 Å². The van der Waals surface area contributed by atoms with Gasteiger partial charge in [-0.15, -0.1) is 0 Å². The molecular formula is C16H21N3. The highest BCUT2D eigenvalue weighted by Gasteiger charge is 2.23. The van der Waals surface area contributed by atoms with Gasteiger partial charge in [0.25, 0.3) is 0 Å². The van der Waals surface area contributed by atoms with Crippen LogP contribution in [0.1, 0.15) is 48.7 Å². The van der Waals surface area contributed by atoms with Gasteiger partial charge in [-0.05, 0) is 29.9 Å². The van der Waals surface area contributed by atoms with Gasteiger partial charge in [-0.1, -0.05) is 31.2 Å². The maximum absolute atomic E-state index is 4.37. The molecule has 1 aliphatic carbocycles. The van der Waals surface area contributed by atoms with E-state index in [2.05, 4.69) is 46.1 Å². The second-order valence-electron chi connectivity index (χ2n) is 5.50. The average molecular weight is 255 g/mol. The molecule has 3 nitrogen and oxygen atoms in total. The molecule has 0 radical (unpaired) electrons. The maximum Gasteiger partial charge on any atom is 0.122 e. The molecule has 1 N–H and O–H groups in total. The number of benzene rings is 1. The van der Waals surface area contributed by atoms with Gasteiger partial charge >= 0.3 is 0 Å². The van der Waals surface area contributed by atoms with Crippen LogP contribution in [0.15, 0.2) is 36.7 Å². The Hall–Kier alpha value is -1.61. The molecule has 2 aromatic rings. The zero-order valence-electron chi connectivity index (χ0n) is 11.6. The molecule has 1 heterocycles. The van der Waals surface area contributed by atoms with Crippen LogP contribution in [0, 0.1) is 0 Å². The first-order valence-electron chi connectivity index (χ1n) is 7.04. The van der Waals surface area contributed by atoms with E-state index >= 15 is 0 Å². The van der Waals surface area contributed by atoms with Gasteiger partial charge in [-0.2, -0.15) is 0 Å². The minimum atomic E-state index is 0.462. The predicted octanol–water partition coefficient (Wildman–Crippen LogP) is 3.15. The Morgan fingerprint density at radius 2 is 2.05 bits per heavy atom. The van der Waals surface area contributed by atoms with Crippen LogP contribution < -0.4 is 5.32 Å². The van der Waals surface area contributed by atoms with Crippen LogP contribution >= 0.6 is 0 Å². The molecule has 0 aliphatic heterocycles. The molecular weight excluding hydrogens is 234 g/mol. The lowest BCUT2D eigenvalue weighted by Gasteiger charge is -2.30. The molecule has 19 heavy (non-hydrogen) atoms. The second-order valence-corrected chi connectivity index (χ2v) is 5.50. The highest BCUT2D eigenvalue weighted by atomic mass is 15.1. The van der Waals surface area contributed by atoms with Crippen LogP contribution in [0.3, 0.4) is 0 Å². The van der Waals surface area contributed by atoms with Gasteiger partial charge in [-0.25, -0.2) is 4.98 Å². The molecule has 1 aromatic heterocycles. The highest BCUT2D eigenvalue weighted by Crippen LogP contribution is 2.36. The first-order chi connectivity index (χ1) is 9.25. The second kappa shape index (κ2) is 5.17. The largest absolute Gasteiger partial charge is 0.337 e. The van der Waals surface area contributed by atoms with Gasteiger partial charge in [0.05, 0.1) is 6.54 Å². The summed E-state index contributed by atoms with van der Waals surface area (Å²) in [6.07, 6.45) is 6.32. The number of aryl methyl sites for hydroxylation is 1. The van der Waals surface area contributed by atoms with E-state index in [1.807, 2.05) is 19.4 Å². The SMILES string of the molecule is CC1CCC(NCc2nccn2C)c2ccccc21. The number of nitrogens with one attached hydrogen (secondary N) is 1. The Morgan fingerprint density at radius 3 is 2.79 bits per heavy atom. The zero-order valence-corrected chi connectivity index (χ0v) is 11.6. The lowest BCUT2D eigenvalue weighted by atomic mass is 9.81. The van der Waals surface area contributed by atoms with Crippen molar-refractivity contribution in [2.24, 2.45) is 7.05 Å². The third-order valence-electron chi connectivity index (χ3n) is 4.22. The van der Waals surface area contributed by atoms with Crippen molar-refractivity contribution >= 4 is 0 Å². The lowest BCUT2D eigenvalue weighted by molar-refractivity contribution is 0.424. The van der Waals surface area contributed by atoms with E-state index in [0.29, 0.717) is 12.0 Å². The van der Waals surface area contributed by atoms with Crippen LogP contribution in [-0.2, 0) is 13.6 Å². The molecule has 3 rings (SSSR count). The Balaban J connectivity index is 1.76. The lowest BCUT2D eigenvalue weighted by Crippen LogP contribution is -2.26. The van der Waals surface area contributed by atoms with Crippen molar-refractivity contribution in [3.63, 3.8) is 0 Å². The molecule has 2 unspecified atom stereocenters. The summed E-state index contributed by atoms with van der Waals surface area (Å²) >= 11 is 0. The van der Waals surface area contributed by atoms with E-state index in [1.165, 1.54) is 24.0 Å². The summed E-state index contributed by atoms with van der Waals surface area (Å²) < 4.78 is 2.07. The summed E-state index contributed by atoms with van der Waals surface area (Å²) in [5.74, 6) is 1.78. The highest BCUT2D eigenvalue weighted by molar-refractivity contribution is 5.34. The number of rotatable bonds is 3. The standard InChI is InChI=1S/C16H21N3/c1-12-7-8-15(14-6-4-3-5-13(12)14)18-11-16-17-9-10-19(16)2/h3-6,9-10,12,15,18H,7-8,11H2,1-2H3. The summed E-state index contributed by atoms with van der Waals surface area (Å²) in [5.41, 5.74) is 2.97. The fraction of sp³-hybridized carbons (Fsp3) is 0.438. The van der Waals surface area contributed by atoms with E-state index in [9.17, 15) is 0 Å². The minimum absolute atomic E-state index is 0.462. The third kappa shape index (κ3) is 2.43. The molecule has 0 fully saturated rings. The average Bonchev–Trinajstić information content (AvgIpc) is 2.84. The molecule has 0 amide bonds. The number of nitrogens with zero attached hydrogens (tertiary/aromatic N) is 2. The van der Waals surface area contributed by atoms with E-state index in [-0.39, 0.29) is 0 Å². The third-order valence-corrected chi connectivity index (χ3v) is 4.22. The van der Waals surface area contributed by atoms with Crippen LogP contribution in [0.4, 0.5) is 0 Å². The Kier molecular flexibility index (Phi) is 3.38. The summed E-state index contributed by atoms with van der Waals surface area (Å²) in [4.78, 5) is 4.37. The monoisotopic (exact) mass is 255 g/mol. The van der Waals surface area contributed by atoms with Crippen LogP contribution in [-0.4, -0.2) is 9.55 Å². The van der Waals surface area contributed by atoms with E-state index < -0.39 is 0 Å². The summed E-state index contributed by atoms with van der Waals surface area (Å²) in [6.45, 7) is 3.16. The van der Waals surface area contributed by atoms with Crippen molar-refractivity contribution < 1.29 is 0 Å². The van der Waals surface area contributed by atoms with Crippen molar-refractivity contribution in [3.05, 3.63) is 53.6 Å². The maximum atomic E-state index is 4.37. The van der Waals surface area contributed by atoms with Crippen molar-refractivity contribution in [2.75, 3.05) is 0 Å². The minimum Gasteiger partial charge on any atom is -0.337 e. The van der Waals surface area contributed by atoms with Crippen molar-refractivity contribution in [1.29, 1.82) is 0 Å². The van der Waals surface area contributed by atoms with Crippen LogP contribution in [0.2, 0.25) is 0 Å². The molecule has 1 aliphatic rings. The van der Waals surface area contributed by atoms with Crippen molar-refractivity contribution in [3.8, 4) is 0 Å². The van der Waals surface area contributed by atoms with E-state index in [0.717, 1.165) is 12.4 Å². The fourth-order valence-electron chi connectivity index (χ4n) is 3.00. The van der Waals surface area contributed by atoms with Gasteiger partial charge in [0, 0.05) is 25.5 Å². The Morgan fingerprint density at radius 1 is 1.26 bits per heavy atom. The quantitative estimate of drug-likeness (QED) is 0.913. The number of aromatic nitrogens is 2. The zero-order chi connectivity index (χ0) is 13.2. The van der Waals surface area contributed by atoms with E-state index in [4.69, 9.17) is 0 Å². The van der Waals surface area contributed by atoms with Gasteiger partial charge in [-0.3, -0.25) is 0 Å². The predicted molar refractivity (Wildman–Crippen MR) is 76.9 cm³/mol. The van der Waals surface area contributed by atoms with E-state index in [1.54, 1.807) is 0 Å². The Labute approximate surface area is 114 Å². The molecule has 2 atom stereocenters. The first kappa shape index (κ1) is 12.4. The normalized spacial score (nSPS) is 22.2. The number of hydrogen-bond acceptors (Lipinski definition) is 2. The van der Waals surface area contributed by atoms with Gasteiger partial charge in [0.1, 0.15) is 5.82 Å². The smallest absolute Gasteiger partial charge is 0.122 e. The van der Waals surface area contributed by atoms with Crippen molar-refractivity contribution in [1.82, 2.24) is 14.9 Å². The topological polar surface area (TPSA) is 29.9 Å². The van der Waals surface area contributed by atoms with Gasteiger partial charge in [0.15, 0.2) is 0 Å². The first-order valence-corrected chi connectivity index (χ1v) is 7.04. The fourth-order valence-corrected chi connectivity index (χ4v) is 3.00. The number of hydrogen-bond donors (Lipinski definition) is 1. The molecule has 0 spiro atoms. The summed E-state index contributed by atoms with van der Waals surface area (Å²) in [5, 5.41) is 3.66. The molecule has 0 saturated carbocycles. The molecule has 1 aromatic carbocycles. The summed E-state index contributed by atoms with van der Waals surface area (Å²) in [7, 11) is 2.04. The molecule has 3 heteroatoms. The molecule has 0 saturated heterocycles. The number of fused-ring (bicyclic) bond motifs is 1. The number of imidazole rings is 1. The van der Waals surface area contributed by atoms with Crippen LogP contribution in [0.25, 0.3) is 0 Å².